The smallest absolute Gasteiger partial charge is 0.194 e. The van der Waals surface area contributed by atoms with E-state index < -0.39 is 0 Å². The quantitative estimate of drug-likeness (QED) is 0.916. The van der Waals surface area contributed by atoms with Crippen LogP contribution in [-0.4, -0.2) is 62.1 Å². The molecule has 0 saturated carbocycles. The number of piperidine rings is 1. The minimum atomic E-state index is 0.363. The van der Waals surface area contributed by atoms with Gasteiger partial charge < -0.3 is 19.9 Å². The Hall–Kier alpha value is -1.75. The van der Waals surface area contributed by atoms with Crippen LogP contribution in [0.3, 0.4) is 0 Å². The summed E-state index contributed by atoms with van der Waals surface area (Å²) in [5, 5.41) is 3.38. The number of nitrogens with one attached hydrogen (secondary N) is 1. The van der Waals surface area contributed by atoms with Crippen molar-refractivity contribution in [3.63, 3.8) is 0 Å². The van der Waals surface area contributed by atoms with Crippen LogP contribution in [0.2, 0.25) is 0 Å². The van der Waals surface area contributed by atoms with Gasteiger partial charge in [-0.15, -0.1) is 0 Å². The van der Waals surface area contributed by atoms with E-state index in [-0.39, 0.29) is 0 Å². The molecule has 5 heteroatoms. The average molecular weight is 302 g/mol. The predicted octanol–water partition coefficient (Wildman–Crippen LogP) is 1.55. The first-order chi connectivity index (χ1) is 10.7. The van der Waals surface area contributed by atoms with Crippen molar-refractivity contribution >= 4 is 5.96 Å². The molecular weight excluding hydrogens is 276 g/mol. The normalized spacial score (nSPS) is 20.1. The first-order valence-electron chi connectivity index (χ1n) is 8.14. The molecule has 0 aromatic heterocycles. The van der Waals surface area contributed by atoms with Crippen LogP contribution < -0.4 is 10.1 Å². The highest BCUT2D eigenvalue weighted by atomic mass is 16.5. The van der Waals surface area contributed by atoms with Gasteiger partial charge in [0.2, 0.25) is 0 Å². The zero-order valence-corrected chi connectivity index (χ0v) is 13.6. The van der Waals surface area contributed by atoms with Gasteiger partial charge in [0.05, 0.1) is 6.54 Å². The summed E-state index contributed by atoms with van der Waals surface area (Å²) < 4.78 is 6.07. The second-order valence-electron chi connectivity index (χ2n) is 6.24. The molecule has 0 bridgehead atoms. The molecule has 1 saturated heterocycles. The number of nitrogens with zero attached hydrogens (tertiary/aromatic N) is 3. The van der Waals surface area contributed by atoms with Gasteiger partial charge >= 0.3 is 0 Å². The van der Waals surface area contributed by atoms with Gasteiger partial charge in [-0.3, -0.25) is 4.99 Å². The molecule has 1 N–H and O–H groups in total. The van der Waals surface area contributed by atoms with Gasteiger partial charge in [-0.25, -0.2) is 0 Å². The van der Waals surface area contributed by atoms with Crippen molar-refractivity contribution in [3.05, 3.63) is 29.8 Å². The van der Waals surface area contributed by atoms with Crippen molar-refractivity contribution in [1.82, 2.24) is 15.1 Å². The van der Waals surface area contributed by atoms with E-state index in [9.17, 15) is 0 Å². The van der Waals surface area contributed by atoms with Crippen LogP contribution in [0.25, 0.3) is 0 Å². The Labute approximate surface area is 133 Å². The van der Waals surface area contributed by atoms with E-state index in [2.05, 4.69) is 58.5 Å². The highest BCUT2D eigenvalue weighted by Gasteiger charge is 2.18. The summed E-state index contributed by atoms with van der Waals surface area (Å²) in [6.07, 6.45) is 2.60. The first-order valence-corrected chi connectivity index (χ1v) is 8.14. The summed E-state index contributed by atoms with van der Waals surface area (Å²) in [6, 6.07) is 8.42. The molecule has 0 unspecified atom stereocenters. The number of hydrogen-bond acceptors (Lipinski definition) is 5. The summed E-state index contributed by atoms with van der Waals surface area (Å²) in [6.45, 7) is 4.95. The highest BCUT2D eigenvalue weighted by molar-refractivity contribution is 5.81. The van der Waals surface area contributed by atoms with Crippen molar-refractivity contribution < 1.29 is 4.74 Å². The molecule has 22 heavy (non-hydrogen) atoms. The molecule has 1 aromatic rings. The fraction of sp³-hybridized carbons (Fsp3) is 0.588. The number of ether oxygens (including phenoxy) is 1. The van der Waals surface area contributed by atoms with Crippen LogP contribution in [0.1, 0.15) is 18.4 Å². The summed E-state index contributed by atoms with van der Waals surface area (Å²) in [5.41, 5.74) is 1.25. The zero-order chi connectivity index (χ0) is 15.4. The summed E-state index contributed by atoms with van der Waals surface area (Å²) in [7, 11) is 4.24. The molecule has 0 aliphatic carbocycles. The molecule has 1 fully saturated rings. The van der Waals surface area contributed by atoms with Crippen LogP contribution in [0, 0.1) is 0 Å². The molecule has 1 aromatic carbocycles. The van der Waals surface area contributed by atoms with Crippen LogP contribution in [0.4, 0.5) is 0 Å². The van der Waals surface area contributed by atoms with Gasteiger partial charge in [-0.05, 0) is 37.6 Å². The number of aliphatic imine (C=N–C) groups is 1. The van der Waals surface area contributed by atoms with Crippen LogP contribution in [0.15, 0.2) is 29.3 Å². The maximum Gasteiger partial charge on any atom is 0.194 e. The molecule has 3 rings (SSSR count). The van der Waals surface area contributed by atoms with E-state index >= 15 is 0 Å². The lowest BCUT2D eigenvalue weighted by Crippen LogP contribution is -2.35. The molecule has 5 nitrogen and oxygen atoms in total. The van der Waals surface area contributed by atoms with Gasteiger partial charge in [0.15, 0.2) is 5.96 Å². The molecule has 0 amide bonds. The third-order valence-corrected chi connectivity index (χ3v) is 4.40. The van der Waals surface area contributed by atoms with Gasteiger partial charge in [-0.2, -0.15) is 0 Å². The highest BCUT2D eigenvalue weighted by Crippen LogP contribution is 2.19. The monoisotopic (exact) mass is 302 g/mol. The third-order valence-electron chi connectivity index (χ3n) is 4.40. The summed E-state index contributed by atoms with van der Waals surface area (Å²) in [4.78, 5) is 8.94. The van der Waals surface area contributed by atoms with Crippen LogP contribution >= 0.6 is 0 Å². The van der Waals surface area contributed by atoms with Crippen molar-refractivity contribution in [2.24, 2.45) is 4.99 Å². The van der Waals surface area contributed by atoms with E-state index in [1.54, 1.807) is 0 Å². The third kappa shape index (κ3) is 3.91. The Morgan fingerprint density at radius 1 is 1.14 bits per heavy atom. The number of likely N-dealkylation sites (N-methyl/N-ethyl adjacent to an activating group) is 1. The maximum atomic E-state index is 6.07. The topological polar surface area (TPSA) is 40.1 Å². The van der Waals surface area contributed by atoms with Crippen LogP contribution in [-0.2, 0) is 6.54 Å². The fourth-order valence-corrected chi connectivity index (χ4v) is 2.89. The Balaban J connectivity index is 1.47. The minimum absolute atomic E-state index is 0.363. The van der Waals surface area contributed by atoms with Gasteiger partial charge in [0.25, 0.3) is 0 Å². The number of rotatable bonds is 4. The molecule has 2 heterocycles. The molecule has 0 spiro atoms. The van der Waals surface area contributed by atoms with E-state index in [4.69, 9.17) is 4.74 Å². The Morgan fingerprint density at radius 2 is 1.86 bits per heavy atom. The lowest BCUT2D eigenvalue weighted by atomic mass is 10.1. The minimum Gasteiger partial charge on any atom is -0.490 e. The number of benzene rings is 1. The lowest BCUT2D eigenvalue weighted by molar-refractivity contribution is 0.114. The second kappa shape index (κ2) is 7.01. The van der Waals surface area contributed by atoms with E-state index in [0.717, 1.165) is 57.3 Å². The Kier molecular flexibility index (Phi) is 4.83. The number of guanidine groups is 1. The van der Waals surface area contributed by atoms with Crippen molar-refractivity contribution in [1.29, 1.82) is 0 Å². The van der Waals surface area contributed by atoms with Gasteiger partial charge in [0.1, 0.15) is 11.9 Å². The van der Waals surface area contributed by atoms with Gasteiger partial charge in [0, 0.05) is 33.2 Å². The number of likely N-dealkylation sites (tertiary alicyclic amines) is 1. The van der Waals surface area contributed by atoms with E-state index in [1.165, 1.54) is 5.56 Å². The van der Waals surface area contributed by atoms with E-state index in [0.29, 0.717) is 6.10 Å². The van der Waals surface area contributed by atoms with Crippen molar-refractivity contribution in [2.75, 3.05) is 40.3 Å². The Bertz CT molecular complexity index is 506. The SMILES string of the molecule is CN1CCC(Oc2ccc(CNC3=NCCN3C)cc2)CC1. The summed E-state index contributed by atoms with van der Waals surface area (Å²) in [5.74, 6) is 1.97. The maximum absolute atomic E-state index is 6.07. The van der Waals surface area contributed by atoms with Crippen molar-refractivity contribution in [2.45, 2.75) is 25.5 Å². The van der Waals surface area contributed by atoms with Crippen molar-refractivity contribution in [3.8, 4) is 5.75 Å². The fourth-order valence-electron chi connectivity index (χ4n) is 2.89. The second-order valence-corrected chi connectivity index (χ2v) is 6.24. The molecule has 0 atom stereocenters. The average Bonchev–Trinajstić information content (AvgIpc) is 2.94. The molecule has 0 radical (unpaired) electrons. The Morgan fingerprint density at radius 3 is 2.50 bits per heavy atom. The molecule has 2 aliphatic heterocycles. The zero-order valence-electron chi connectivity index (χ0n) is 13.6. The number of hydrogen-bond donors (Lipinski definition) is 1. The predicted molar refractivity (Wildman–Crippen MR) is 89.4 cm³/mol. The lowest BCUT2D eigenvalue weighted by Gasteiger charge is -2.29. The molecule has 2 aliphatic rings. The standard InChI is InChI=1S/C17H26N4O/c1-20-10-7-16(8-11-20)22-15-5-3-14(4-6-15)13-19-17-18-9-12-21(17)2/h3-6,16H,7-13H2,1-2H3,(H,18,19). The van der Waals surface area contributed by atoms with E-state index in [1.807, 2.05) is 0 Å². The largest absolute Gasteiger partial charge is 0.490 e. The van der Waals surface area contributed by atoms with Crippen LogP contribution in [0.5, 0.6) is 5.75 Å². The molecule has 120 valence electrons. The molecular formula is C17H26N4O. The first kappa shape index (κ1) is 15.2. The van der Waals surface area contributed by atoms with Gasteiger partial charge in [-0.1, -0.05) is 12.1 Å². The summed E-state index contributed by atoms with van der Waals surface area (Å²) >= 11 is 0.